The van der Waals surface area contributed by atoms with E-state index in [4.69, 9.17) is 11.5 Å². The van der Waals surface area contributed by atoms with Crippen LogP contribution in [0.1, 0.15) is 19.8 Å². The number of hydrogen-bond donors (Lipinski definition) is 1. The molecular formula is C10H15NO2. The summed E-state index contributed by atoms with van der Waals surface area (Å²) in [7, 11) is 0. The summed E-state index contributed by atoms with van der Waals surface area (Å²) in [4.78, 5) is 13.1. The van der Waals surface area contributed by atoms with Gasteiger partial charge in [-0.1, -0.05) is 12.8 Å². The number of amides is 1. The second-order valence-electron chi connectivity index (χ2n) is 3.48. The van der Waals surface area contributed by atoms with Crippen LogP contribution in [0.4, 0.5) is 0 Å². The lowest BCUT2D eigenvalue weighted by atomic mass is 10.0. The lowest BCUT2D eigenvalue weighted by Crippen LogP contribution is -2.39. The third kappa shape index (κ3) is 2.02. The van der Waals surface area contributed by atoms with Gasteiger partial charge in [0.25, 0.3) is 0 Å². The maximum atomic E-state index is 11.4. The van der Waals surface area contributed by atoms with Crippen LogP contribution in [0.25, 0.3) is 0 Å². The summed E-state index contributed by atoms with van der Waals surface area (Å²) < 4.78 is 0. The van der Waals surface area contributed by atoms with Gasteiger partial charge in [-0.3, -0.25) is 4.79 Å². The molecule has 0 aromatic rings. The van der Waals surface area contributed by atoms with Gasteiger partial charge in [-0.25, -0.2) is 0 Å². The van der Waals surface area contributed by atoms with Gasteiger partial charge in [-0.05, 0) is 12.3 Å². The van der Waals surface area contributed by atoms with Gasteiger partial charge in [-0.15, -0.1) is 6.42 Å². The molecule has 3 nitrogen and oxygen atoms in total. The Hall–Kier alpha value is -1.01. The van der Waals surface area contributed by atoms with Gasteiger partial charge in [0.05, 0.1) is 19.1 Å². The van der Waals surface area contributed by atoms with E-state index in [9.17, 15) is 4.79 Å². The molecule has 1 heterocycles. The smallest absolute Gasteiger partial charge is 0.234 e. The first-order chi connectivity index (χ1) is 6.20. The second kappa shape index (κ2) is 4.29. The van der Waals surface area contributed by atoms with Crippen molar-refractivity contribution in [3.8, 4) is 12.3 Å². The Bertz CT molecular complexity index is 232. The average molecular weight is 181 g/mol. The minimum absolute atomic E-state index is 0.0270. The summed E-state index contributed by atoms with van der Waals surface area (Å²) in [6.45, 7) is 2.81. The molecule has 1 fully saturated rings. The van der Waals surface area contributed by atoms with E-state index in [1.54, 1.807) is 4.90 Å². The molecule has 1 N–H and O–H groups in total. The number of carbonyl (C=O) groups excluding carboxylic acids is 1. The fraction of sp³-hybridized carbons (Fsp3) is 0.700. The number of nitrogens with zero attached hydrogens (tertiary/aromatic N) is 1. The Kier molecular flexibility index (Phi) is 3.32. The first kappa shape index (κ1) is 10.1. The van der Waals surface area contributed by atoms with E-state index in [-0.39, 0.29) is 25.0 Å². The van der Waals surface area contributed by atoms with Crippen LogP contribution in [-0.2, 0) is 4.79 Å². The first-order valence-corrected chi connectivity index (χ1v) is 4.54. The third-order valence-corrected chi connectivity index (χ3v) is 2.64. The molecule has 1 aliphatic heterocycles. The van der Waals surface area contributed by atoms with E-state index >= 15 is 0 Å². The van der Waals surface area contributed by atoms with Crippen molar-refractivity contribution in [2.24, 2.45) is 5.92 Å². The van der Waals surface area contributed by atoms with Crippen LogP contribution in [-0.4, -0.2) is 35.1 Å². The molecule has 2 unspecified atom stereocenters. The molecule has 72 valence electrons. The van der Waals surface area contributed by atoms with E-state index in [2.05, 4.69) is 5.92 Å². The number of rotatable bonds is 2. The summed E-state index contributed by atoms with van der Waals surface area (Å²) in [6, 6.07) is -0.0270. The van der Waals surface area contributed by atoms with Gasteiger partial charge >= 0.3 is 0 Å². The van der Waals surface area contributed by atoms with Crippen LogP contribution in [0.15, 0.2) is 0 Å². The van der Waals surface area contributed by atoms with Crippen LogP contribution in [0.2, 0.25) is 0 Å². The molecule has 0 radical (unpaired) electrons. The minimum atomic E-state index is -0.0362. The molecule has 0 aliphatic carbocycles. The molecule has 1 rings (SSSR count). The molecule has 1 amide bonds. The van der Waals surface area contributed by atoms with Crippen molar-refractivity contribution in [2.75, 3.05) is 13.2 Å². The van der Waals surface area contributed by atoms with E-state index in [1.165, 1.54) is 0 Å². The predicted octanol–water partition coefficient (Wildman–Crippen LogP) is 0.239. The molecule has 2 atom stereocenters. The van der Waals surface area contributed by atoms with Gasteiger partial charge < -0.3 is 10.0 Å². The molecule has 3 heteroatoms. The lowest BCUT2D eigenvalue weighted by Gasteiger charge is -2.24. The zero-order valence-electron chi connectivity index (χ0n) is 7.86. The summed E-state index contributed by atoms with van der Waals surface area (Å²) >= 11 is 0. The molecule has 0 aromatic carbocycles. The largest absolute Gasteiger partial charge is 0.394 e. The lowest BCUT2D eigenvalue weighted by molar-refractivity contribution is -0.132. The van der Waals surface area contributed by atoms with Crippen molar-refractivity contribution in [3.05, 3.63) is 0 Å². The van der Waals surface area contributed by atoms with E-state index in [1.807, 2.05) is 6.92 Å². The number of carbonyl (C=O) groups is 1. The van der Waals surface area contributed by atoms with Crippen LogP contribution >= 0.6 is 0 Å². The van der Waals surface area contributed by atoms with Crippen LogP contribution < -0.4 is 0 Å². The molecular weight excluding hydrogens is 166 g/mol. The number of aliphatic hydroxyl groups is 1. The maximum Gasteiger partial charge on any atom is 0.234 e. The molecule has 13 heavy (non-hydrogen) atoms. The maximum absolute atomic E-state index is 11.4. The van der Waals surface area contributed by atoms with Crippen LogP contribution in [0.3, 0.4) is 0 Å². The highest BCUT2D eigenvalue weighted by Crippen LogP contribution is 2.23. The summed E-state index contributed by atoms with van der Waals surface area (Å²) in [5.74, 6) is 2.68. The van der Waals surface area contributed by atoms with Gasteiger partial charge in [0.15, 0.2) is 0 Å². The Balaban J connectivity index is 2.60. The fourth-order valence-corrected chi connectivity index (χ4v) is 1.79. The Labute approximate surface area is 78.7 Å². The topological polar surface area (TPSA) is 40.5 Å². The number of terminal acetylenes is 1. The van der Waals surface area contributed by atoms with Crippen molar-refractivity contribution >= 4 is 5.91 Å². The van der Waals surface area contributed by atoms with E-state index in [0.29, 0.717) is 5.92 Å². The van der Waals surface area contributed by atoms with Crippen LogP contribution in [0.5, 0.6) is 0 Å². The minimum Gasteiger partial charge on any atom is -0.394 e. The molecule has 0 spiro atoms. The van der Waals surface area contributed by atoms with Crippen molar-refractivity contribution in [1.82, 2.24) is 4.90 Å². The Morgan fingerprint density at radius 3 is 3.00 bits per heavy atom. The van der Waals surface area contributed by atoms with Crippen LogP contribution in [0, 0.1) is 18.3 Å². The first-order valence-electron chi connectivity index (χ1n) is 4.54. The molecule has 0 bridgehead atoms. The van der Waals surface area contributed by atoms with Crippen molar-refractivity contribution < 1.29 is 9.90 Å². The van der Waals surface area contributed by atoms with Gasteiger partial charge in [-0.2, -0.15) is 0 Å². The summed E-state index contributed by atoms with van der Waals surface area (Å²) in [6.07, 6.45) is 6.16. The second-order valence-corrected chi connectivity index (χ2v) is 3.48. The van der Waals surface area contributed by atoms with Gasteiger partial charge in [0.1, 0.15) is 0 Å². The van der Waals surface area contributed by atoms with E-state index < -0.39 is 0 Å². The number of aliphatic hydroxyl groups excluding tert-OH is 1. The predicted molar refractivity (Wildman–Crippen MR) is 49.8 cm³/mol. The van der Waals surface area contributed by atoms with Crippen molar-refractivity contribution in [2.45, 2.75) is 25.8 Å². The summed E-state index contributed by atoms with van der Waals surface area (Å²) in [5, 5.41) is 9.08. The SMILES string of the molecule is C#CCC(=O)N1CCC(C)C1CO. The monoisotopic (exact) mass is 181 g/mol. The quantitative estimate of drug-likeness (QED) is 0.620. The highest BCUT2D eigenvalue weighted by molar-refractivity contribution is 5.79. The Morgan fingerprint density at radius 1 is 1.77 bits per heavy atom. The summed E-state index contributed by atoms with van der Waals surface area (Å²) in [5.41, 5.74) is 0. The van der Waals surface area contributed by atoms with Gasteiger partial charge in [0, 0.05) is 6.54 Å². The standard InChI is InChI=1S/C10H15NO2/c1-3-4-10(13)11-6-5-8(2)9(11)7-12/h1,8-9,12H,4-7H2,2H3. The van der Waals surface area contributed by atoms with Crippen molar-refractivity contribution in [3.63, 3.8) is 0 Å². The molecule has 1 saturated heterocycles. The zero-order chi connectivity index (χ0) is 9.84. The highest BCUT2D eigenvalue weighted by atomic mass is 16.3. The number of likely N-dealkylation sites (tertiary alicyclic amines) is 1. The van der Waals surface area contributed by atoms with Crippen molar-refractivity contribution in [1.29, 1.82) is 0 Å². The van der Waals surface area contributed by atoms with E-state index in [0.717, 1.165) is 13.0 Å². The highest BCUT2D eigenvalue weighted by Gasteiger charge is 2.32. The fourth-order valence-electron chi connectivity index (χ4n) is 1.79. The third-order valence-electron chi connectivity index (χ3n) is 2.64. The van der Waals surface area contributed by atoms with Gasteiger partial charge in [0.2, 0.25) is 5.91 Å². The average Bonchev–Trinajstić information content (AvgIpc) is 2.47. The zero-order valence-corrected chi connectivity index (χ0v) is 7.86. The Morgan fingerprint density at radius 2 is 2.46 bits per heavy atom. The number of hydrogen-bond acceptors (Lipinski definition) is 2. The molecule has 0 aromatic heterocycles. The molecule has 0 saturated carbocycles. The molecule has 1 aliphatic rings. The normalized spacial score (nSPS) is 27.3.